The van der Waals surface area contributed by atoms with Crippen LogP contribution in [0.1, 0.15) is 43.7 Å². The molecule has 17 heavy (non-hydrogen) atoms. The van der Waals surface area contributed by atoms with Crippen molar-refractivity contribution < 1.29 is 0 Å². The van der Waals surface area contributed by atoms with Crippen molar-refractivity contribution in [3.63, 3.8) is 0 Å². The monoisotopic (exact) mass is 232 g/mol. The normalized spacial score (nSPS) is 16.9. The second kappa shape index (κ2) is 6.18. The molecule has 2 rings (SSSR count). The van der Waals surface area contributed by atoms with Crippen molar-refractivity contribution in [2.24, 2.45) is 5.73 Å². The number of nitrogens with two attached hydrogens (primary N) is 1. The summed E-state index contributed by atoms with van der Waals surface area (Å²) in [5.41, 5.74) is 8.50. The van der Waals surface area contributed by atoms with Crippen molar-refractivity contribution in [3.05, 3.63) is 35.4 Å². The fourth-order valence-electron chi connectivity index (χ4n) is 2.90. The molecule has 1 fully saturated rings. The molecule has 2 N–H and O–H groups in total. The third-order valence-electron chi connectivity index (χ3n) is 3.96. The van der Waals surface area contributed by atoms with Crippen molar-refractivity contribution >= 4 is 0 Å². The fourth-order valence-corrected chi connectivity index (χ4v) is 2.90. The molecule has 0 unspecified atom stereocenters. The zero-order valence-electron chi connectivity index (χ0n) is 10.9. The Morgan fingerprint density at radius 2 is 1.82 bits per heavy atom. The number of benzene rings is 1. The van der Waals surface area contributed by atoms with Crippen molar-refractivity contribution in [1.29, 1.82) is 0 Å². The van der Waals surface area contributed by atoms with Crippen LogP contribution in [-0.2, 0) is 13.1 Å². The van der Waals surface area contributed by atoms with Gasteiger partial charge in [-0.25, -0.2) is 0 Å². The molecule has 2 nitrogen and oxygen atoms in total. The molecule has 94 valence electrons. The molecule has 0 amide bonds. The van der Waals surface area contributed by atoms with E-state index in [1.807, 2.05) is 0 Å². The maximum Gasteiger partial charge on any atom is 0.0239 e. The molecule has 0 radical (unpaired) electrons. The molecule has 0 saturated heterocycles. The average Bonchev–Trinajstić information content (AvgIpc) is 2.90. The Kier molecular flexibility index (Phi) is 4.57. The fraction of sp³-hybridized carbons (Fsp3) is 0.600. The van der Waals surface area contributed by atoms with Crippen LogP contribution in [0.2, 0.25) is 0 Å². The van der Waals surface area contributed by atoms with Crippen LogP contribution in [0.15, 0.2) is 24.3 Å². The van der Waals surface area contributed by atoms with Crippen LogP contribution in [0.25, 0.3) is 0 Å². The predicted molar refractivity (Wildman–Crippen MR) is 72.7 cm³/mol. The van der Waals surface area contributed by atoms with Crippen LogP contribution in [0.4, 0.5) is 0 Å². The average molecular weight is 232 g/mol. The van der Waals surface area contributed by atoms with Crippen molar-refractivity contribution in [1.82, 2.24) is 4.90 Å². The van der Waals surface area contributed by atoms with Gasteiger partial charge in [-0.05, 0) is 30.5 Å². The van der Waals surface area contributed by atoms with Gasteiger partial charge in [0.05, 0.1) is 0 Å². The molecule has 1 saturated carbocycles. The molecule has 0 heterocycles. The molecule has 1 aliphatic carbocycles. The van der Waals surface area contributed by atoms with Crippen LogP contribution in [-0.4, -0.2) is 17.5 Å². The van der Waals surface area contributed by atoms with Gasteiger partial charge >= 0.3 is 0 Å². The first-order chi connectivity index (χ1) is 8.35. The van der Waals surface area contributed by atoms with Gasteiger partial charge < -0.3 is 5.73 Å². The van der Waals surface area contributed by atoms with Gasteiger partial charge in [-0.15, -0.1) is 0 Å². The van der Waals surface area contributed by atoms with Gasteiger partial charge in [0.2, 0.25) is 0 Å². The van der Waals surface area contributed by atoms with E-state index in [9.17, 15) is 0 Å². The molecule has 2 heteroatoms. The predicted octanol–water partition coefficient (Wildman–Crippen LogP) is 2.91. The van der Waals surface area contributed by atoms with E-state index in [1.54, 1.807) is 0 Å². The topological polar surface area (TPSA) is 29.3 Å². The van der Waals surface area contributed by atoms with Crippen LogP contribution in [0.3, 0.4) is 0 Å². The lowest BCUT2D eigenvalue weighted by molar-refractivity contribution is 0.200. The zero-order chi connectivity index (χ0) is 12.1. The van der Waals surface area contributed by atoms with Gasteiger partial charge in [-0.3, -0.25) is 4.90 Å². The molecule has 1 aromatic rings. The van der Waals surface area contributed by atoms with E-state index < -0.39 is 0 Å². The molecular formula is C15H24N2. The first-order valence-electron chi connectivity index (χ1n) is 6.86. The first kappa shape index (κ1) is 12.6. The maximum atomic E-state index is 5.80. The molecule has 1 aliphatic rings. The van der Waals surface area contributed by atoms with Crippen molar-refractivity contribution in [3.8, 4) is 0 Å². The molecule has 0 atom stereocenters. The third kappa shape index (κ3) is 3.08. The Morgan fingerprint density at radius 1 is 1.18 bits per heavy atom. The summed E-state index contributed by atoms with van der Waals surface area (Å²) in [6.45, 7) is 5.12. The molecular weight excluding hydrogens is 208 g/mol. The summed E-state index contributed by atoms with van der Waals surface area (Å²) >= 11 is 0. The highest BCUT2D eigenvalue weighted by Gasteiger charge is 2.21. The van der Waals surface area contributed by atoms with Crippen molar-refractivity contribution in [2.45, 2.75) is 51.7 Å². The van der Waals surface area contributed by atoms with E-state index in [0.717, 1.165) is 19.1 Å². The SMILES string of the molecule is CCN(Cc1ccccc1CN)C1CCCC1. The smallest absolute Gasteiger partial charge is 0.0239 e. The van der Waals surface area contributed by atoms with Crippen LogP contribution in [0.5, 0.6) is 0 Å². The third-order valence-corrected chi connectivity index (χ3v) is 3.96. The molecule has 0 aliphatic heterocycles. The minimum Gasteiger partial charge on any atom is -0.326 e. The standard InChI is InChI=1S/C15H24N2/c1-2-17(15-9-5-6-10-15)12-14-8-4-3-7-13(14)11-16/h3-4,7-8,15H,2,5-6,9-12,16H2,1H3. The Morgan fingerprint density at radius 3 is 2.41 bits per heavy atom. The largest absolute Gasteiger partial charge is 0.326 e. The van der Waals surface area contributed by atoms with Gasteiger partial charge in [0.25, 0.3) is 0 Å². The van der Waals surface area contributed by atoms with Crippen LogP contribution < -0.4 is 5.73 Å². The number of nitrogens with zero attached hydrogens (tertiary/aromatic N) is 1. The second-order valence-electron chi connectivity index (χ2n) is 4.97. The lowest BCUT2D eigenvalue weighted by Gasteiger charge is -2.28. The molecule has 0 bridgehead atoms. The van der Waals surface area contributed by atoms with E-state index in [2.05, 4.69) is 36.1 Å². The van der Waals surface area contributed by atoms with Gasteiger partial charge in [0.1, 0.15) is 0 Å². The second-order valence-corrected chi connectivity index (χ2v) is 4.97. The lowest BCUT2D eigenvalue weighted by atomic mass is 10.1. The first-order valence-corrected chi connectivity index (χ1v) is 6.86. The van der Waals surface area contributed by atoms with Gasteiger partial charge in [0.15, 0.2) is 0 Å². The summed E-state index contributed by atoms with van der Waals surface area (Å²) in [6.07, 6.45) is 5.55. The van der Waals surface area contributed by atoms with Crippen molar-refractivity contribution in [2.75, 3.05) is 6.54 Å². The Bertz CT molecular complexity index is 343. The van der Waals surface area contributed by atoms with Crippen LogP contribution >= 0.6 is 0 Å². The number of rotatable bonds is 5. The highest BCUT2D eigenvalue weighted by Crippen LogP contribution is 2.25. The summed E-state index contributed by atoms with van der Waals surface area (Å²) in [7, 11) is 0. The molecule has 0 spiro atoms. The minimum atomic E-state index is 0.651. The summed E-state index contributed by atoms with van der Waals surface area (Å²) in [6, 6.07) is 9.37. The summed E-state index contributed by atoms with van der Waals surface area (Å²) in [5.74, 6) is 0. The highest BCUT2D eigenvalue weighted by atomic mass is 15.1. The number of hydrogen-bond donors (Lipinski definition) is 1. The van der Waals surface area contributed by atoms with Gasteiger partial charge in [-0.1, -0.05) is 44.0 Å². The summed E-state index contributed by atoms with van der Waals surface area (Å²) in [4.78, 5) is 2.61. The lowest BCUT2D eigenvalue weighted by Crippen LogP contribution is -2.32. The Balaban J connectivity index is 2.06. The molecule has 0 aromatic heterocycles. The zero-order valence-corrected chi connectivity index (χ0v) is 10.9. The minimum absolute atomic E-state index is 0.651. The maximum absolute atomic E-state index is 5.80. The Hall–Kier alpha value is -0.860. The van der Waals surface area contributed by atoms with Crippen LogP contribution in [0, 0.1) is 0 Å². The molecule has 1 aromatic carbocycles. The van der Waals surface area contributed by atoms with Gasteiger partial charge in [0, 0.05) is 19.1 Å². The van der Waals surface area contributed by atoms with E-state index in [4.69, 9.17) is 5.73 Å². The summed E-state index contributed by atoms with van der Waals surface area (Å²) in [5, 5.41) is 0. The van der Waals surface area contributed by atoms with Gasteiger partial charge in [-0.2, -0.15) is 0 Å². The highest BCUT2D eigenvalue weighted by molar-refractivity contribution is 5.26. The number of hydrogen-bond acceptors (Lipinski definition) is 2. The van der Waals surface area contributed by atoms with E-state index in [-0.39, 0.29) is 0 Å². The van der Waals surface area contributed by atoms with E-state index in [1.165, 1.54) is 36.8 Å². The summed E-state index contributed by atoms with van der Waals surface area (Å²) < 4.78 is 0. The van der Waals surface area contributed by atoms with E-state index >= 15 is 0 Å². The van der Waals surface area contributed by atoms with E-state index in [0.29, 0.717) is 6.54 Å². The quantitative estimate of drug-likeness (QED) is 0.846. The Labute approximate surface area is 105 Å².